The van der Waals surface area contributed by atoms with Gasteiger partial charge in [0.05, 0.1) is 0 Å². The van der Waals surface area contributed by atoms with Crippen LogP contribution in [0.2, 0.25) is 0 Å². The number of unbranched alkanes of at least 4 members (excludes halogenated alkanes) is 33. The standard InChI is InChI=1S/C51H98O6/c1-5-7-9-11-13-15-17-18-19-20-22-26-30-34-38-42-49(52)55-45-48(57-51(54)44-40-36-32-28-21-16-14-12-10-8-6-2)46-56-50(53)43-39-35-31-27-24-23-25-29-33-37-41-47(3)4/h47-48H,5-46H2,1-4H3/t48-/m1/s1. The van der Waals surface area contributed by atoms with Crippen LogP contribution in [0.25, 0.3) is 0 Å². The number of hydrogen-bond donors (Lipinski definition) is 0. The Morgan fingerprint density at radius 3 is 0.860 bits per heavy atom. The van der Waals surface area contributed by atoms with E-state index in [0.29, 0.717) is 19.3 Å². The topological polar surface area (TPSA) is 78.9 Å². The fourth-order valence-corrected chi connectivity index (χ4v) is 7.69. The molecule has 0 aliphatic heterocycles. The van der Waals surface area contributed by atoms with Crippen molar-refractivity contribution in [2.45, 2.75) is 291 Å². The van der Waals surface area contributed by atoms with Crippen LogP contribution in [0.5, 0.6) is 0 Å². The smallest absolute Gasteiger partial charge is 0.306 e. The predicted molar refractivity (Wildman–Crippen MR) is 243 cm³/mol. The average molecular weight is 807 g/mol. The highest BCUT2D eigenvalue weighted by Gasteiger charge is 2.19. The van der Waals surface area contributed by atoms with Crippen LogP contribution in [0.15, 0.2) is 0 Å². The first-order valence-electron chi connectivity index (χ1n) is 25.4. The molecule has 0 aromatic carbocycles. The van der Waals surface area contributed by atoms with Crippen molar-refractivity contribution >= 4 is 17.9 Å². The van der Waals surface area contributed by atoms with Gasteiger partial charge in [-0.1, -0.05) is 246 Å². The van der Waals surface area contributed by atoms with Crippen molar-refractivity contribution in [3.63, 3.8) is 0 Å². The third kappa shape index (κ3) is 45.3. The van der Waals surface area contributed by atoms with Crippen LogP contribution in [-0.4, -0.2) is 37.2 Å². The van der Waals surface area contributed by atoms with Gasteiger partial charge in [-0.25, -0.2) is 0 Å². The molecule has 338 valence electrons. The lowest BCUT2D eigenvalue weighted by molar-refractivity contribution is -0.167. The van der Waals surface area contributed by atoms with Crippen molar-refractivity contribution in [3.8, 4) is 0 Å². The van der Waals surface area contributed by atoms with E-state index in [1.165, 1.54) is 180 Å². The zero-order valence-corrected chi connectivity index (χ0v) is 38.8. The molecule has 0 radical (unpaired) electrons. The van der Waals surface area contributed by atoms with Gasteiger partial charge in [0.2, 0.25) is 0 Å². The molecule has 0 aromatic heterocycles. The van der Waals surface area contributed by atoms with Crippen molar-refractivity contribution in [1.29, 1.82) is 0 Å². The summed E-state index contributed by atoms with van der Waals surface area (Å²) in [4.78, 5) is 37.9. The van der Waals surface area contributed by atoms with E-state index >= 15 is 0 Å². The van der Waals surface area contributed by atoms with Crippen LogP contribution in [0.3, 0.4) is 0 Å². The zero-order valence-electron chi connectivity index (χ0n) is 38.8. The molecular weight excluding hydrogens is 709 g/mol. The summed E-state index contributed by atoms with van der Waals surface area (Å²) >= 11 is 0. The lowest BCUT2D eigenvalue weighted by Gasteiger charge is -2.18. The Bertz CT molecular complexity index is 857. The van der Waals surface area contributed by atoms with E-state index in [0.717, 1.165) is 63.7 Å². The Kier molecular flexibility index (Phi) is 44.2. The first-order valence-corrected chi connectivity index (χ1v) is 25.4. The van der Waals surface area contributed by atoms with E-state index in [4.69, 9.17) is 14.2 Å². The number of rotatable bonds is 46. The molecule has 0 amide bonds. The molecule has 6 nitrogen and oxygen atoms in total. The Balaban J connectivity index is 4.29. The zero-order chi connectivity index (χ0) is 41.7. The molecule has 0 unspecified atom stereocenters. The van der Waals surface area contributed by atoms with Crippen LogP contribution in [0.1, 0.15) is 285 Å². The molecule has 0 aromatic rings. The van der Waals surface area contributed by atoms with Gasteiger partial charge in [-0.3, -0.25) is 14.4 Å². The summed E-state index contributed by atoms with van der Waals surface area (Å²) in [6.45, 7) is 9.01. The van der Waals surface area contributed by atoms with Crippen LogP contribution < -0.4 is 0 Å². The summed E-state index contributed by atoms with van der Waals surface area (Å²) in [5.74, 6) is -0.0281. The molecular formula is C51H98O6. The molecule has 0 heterocycles. The largest absolute Gasteiger partial charge is 0.462 e. The predicted octanol–water partition coefficient (Wildman–Crippen LogP) is 16.3. The molecule has 0 N–H and O–H groups in total. The molecule has 6 heteroatoms. The minimum atomic E-state index is -0.760. The molecule has 0 saturated heterocycles. The molecule has 0 saturated carbocycles. The van der Waals surface area contributed by atoms with E-state index < -0.39 is 6.10 Å². The van der Waals surface area contributed by atoms with Crippen molar-refractivity contribution in [1.82, 2.24) is 0 Å². The molecule has 0 aliphatic rings. The SMILES string of the molecule is CCCCCCCCCCCCCCCCCC(=O)OC[C@H](COC(=O)CCCCCCCCCCCCC(C)C)OC(=O)CCCCCCCCCCCCC. The maximum atomic E-state index is 12.7. The first kappa shape index (κ1) is 55.4. The minimum Gasteiger partial charge on any atom is -0.462 e. The fourth-order valence-electron chi connectivity index (χ4n) is 7.69. The van der Waals surface area contributed by atoms with Crippen LogP contribution in [-0.2, 0) is 28.6 Å². The number of esters is 3. The Morgan fingerprint density at radius 1 is 0.333 bits per heavy atom. The van der Waals surface area contributed by atoms with E-state index in [1.807, 2.05) is 0 Å². The van der Waals surface area contributed by atoms with Gasteiger partial charge >= 0.3 is 17.9 Å². The van der Waals surface area contributed by atoms with E-state index in [9.17, 15) is 14.4 Å². The van der Waals surface area contributed by atoms with Gasteiger partial charge in [0.1, 0.15) is 13.2 Å². The van der Waals surface area contributed by atoms with Gasteiger partial charge in [0, 0.05) is 19.3 Å². The average Bonchev–Trinajstić information content (AvgIpc) is 3.19. The van der Waals surface area contributed by atoms with Gasteiger partial charge in [-0.05, 0) is 25.2 Å². The van der Waals surface area contributed by atoms with Crippen LogP contribution in [0.4, 0.5) is 0 Å². The molecule has 0 aliphatic carbocycles. The second-order valence-corrected chi connectivity index (χ2v) is 17.9. The van der Waals surface area contributed by atoms with Crippen LogP contribution >= 0.6 is 0 Å². The number of carbonyl (C=O) groups is 3. The van der Waals surface area contributed by atoms with Crippen molar-refractivity contribution < 1.29 is 28.6 Å². The summed E-state index contributed by atoms with van der Waals surface area (Å²) in [5, 5.41) is 0. The Hall–Kier alpha value is -1.59. The van der Waals surface area contributed by atoms with E-state index in [1.54, 1.807) is 0 Å². The number of hydrogen-bond acceptors (Lipinski definition) is 6. The lowest BCUT2D eigenvalue weighted by atomic mass is 10.0. The fraction of sp³-hybridized carbons (Fsp3) is 0.941. The maximum Gasteiger partial charge on any atom is 0.306 e. The molecule has 1 atom stereocenters. The highest BCUT2D eigenvalue weighted by molar-refractivity contribution is 5.71. The monoisotopic (exact) mass is 807 g/mol. The second kappa shape index (κ2) is 45.5. The highest BCUT2D eigenvalue weighted by Crippen LogP contribution is 2.17. The van der Waals surface area contributed by atoms with Gasteiger partial charge in [-0.15, -0.1) is 0 Å². The third-order valence-electron chi connectivity index (χ3n) is 11.5. The summed E-state index contributed by atoms with van der Waals surface area (Å²) in [6.07, 6.45) is 46.5. The molecule has 0 bridgehead atoms. The summed E-state index contributed by atoms with van der Waals surface area (Å²) in [6, 6.07) is 0. The minimum absolute atomic E-state index is 0.0629. The van der Waals surface area contributed by atoms with Gasteiger partial charge in [0.15, 0.2) is 6.10 Å². The Labute approximate surface area is 355 Å². The summed E-state index contributed by atoms with van der Waals surface area (Å²) in [5.41, 5.74) is 0. The lowest BCUT2D eigenvalue weighted by Crippen LogP contribution is -2.30. The van der Waals surface area contributed by atoms with Crippen molar-refractivity contribution in [3.05, 3.63) is 0 Å². The summed E-state index contributed by atoms with van der Waals surface area (Å²) in [7, 11) is 0. The quantitative estimate of drug-likeness (QED) is 0.0346. The Morgan fingerprint density at radius 2 is 0.579 bits per heavy atom. The van der Waals surface area contributed by atoms with Gasteiger partial charge in [-0.2, -0.15) is 0 Å². The van der Waals surface area contributed by atoms with Crippen molar-refractivity contribution in [2.75, 3.05) is 13.2 Å². The maximum absolute atomic E-state index is 12.7. The van der Waals surface area contributed by atoms with E-state index in [-0.39, 0.29) is 31.1 Å². The molecule has 57 heavy (non-hydrogen) atoms. The molecule has 0 fully saturated rings. The summed E-state index contributed by atoms with van der Waals surface area (Å²) < 4.78 is 16.8. The van der Waals surface area contributed by atoms with Gasteiger partial charge in [0.25, 0.3) is 0 Å². The van der Waals surface area contributed by atoms with Crippen LogP contribution in [0, 0.1) is 5.92 Å². The van der Waals surface area contributed by atoms with Crippen molar-refractivity contribution in [2.24, 2.45) is 5.92 Å². The van der Waals surface area contributed by atoms with Gasteiger partial charge < -0.3 is 14.2 Å². The number of ether oxygens (including phenoxy) is 3. The highest BCUT2D eigenvalue weighted by atomic mass is 16.6. The number of carbonyl (C=O) groups excluding carboxylic acids is 3. The molecule has 0 rings (SSSR count). The first-order chi connectivity index (χ1) is 27.9. The second-order valence-electron chi connectivity index (χ2n) is 17.9. The third-order valence-corrected chi connectivity index (χ3v) is 11.5. The normalized spacial score (nSPS) is 11.9. The molecule has 0 spiro atoms. The van der Waals surface area contributed by atoms with E-state index in [2.05, 4.69) is 27.7 Å².